The topological polar surface area (TPSA) is 139 Å². The van der Waals surface area contributed by atoms with Gasteiger partial charge >= 0.3 is 17.8 Å². The van der Waals surface area contributed by atoms with E-state index >= 15 is 0 Å². The third-order valence-electron chi connectivity index (χ3n) is 6.52. The van der Waals surface area contributed by atoms with Gasteiger partial charge in [0.25, 0.3) is 0 Å². The third kappa shape index (κ3) is 7.75. The van der Waals surface area contributed by atoms with E-state index in [2.05, 4.69) is 4.72 Å². The molecule has 214 valence electrons. The van der Waals surface area contributed by atoms with E-state index in [1.807, 2.05) is 60.7 Å². The Balaban J connectivity index is 1.27. The smallest absolute Gasteiger partial charge is 0.326 e. The highest BCUT2D eigenvalue weighted by Crippen LogP contribution is 2.26. The molecule has 41 heavy (non-hydrogen) atoms. The van der Waals surface area contributed by atoms with Crippen LogP contribution >= 0.6 is 12.2 Å². The van der Waals surface area contributed by atoms with Gasteiger partial charge in [0, 0.05) is 31.7 Å². The molecule has 1 heterocycles. The molecule has 0 spiro atoms. The fourth-order valence-corrected chi connectivity index (χ4v) is 5.56. The zero-order valence-corrected chi connectivity index (χ0v) is 23.8. The highest BCUT2D eigenvalue weighted by Gasteiger charge is 2.34. The van der Waals surface area contributed by atoms with Crippen LogP contribution in [0.4, 0.5) is 0 Å². The fraction of sp³-hybridized carbons (Fsp3) is 0.241. The van der Waals surface area contributed by atoms with Gasteiger partial charge in [-0.15, -0.1) is 0 Å². The van der Waals surface area contributed by atoms with Crippen molar-refractivity contribution < 1.29 is 27.5 Å². The van der Waals surface area contributed by atoms with Crippen LogP contribution in [-0.4, -0.2) is 73.7 Å². The maximum Gasteiger partial charge on any atom is 0.326 e. The molecule has 3 N–H and O–H groups in total. The Hall–Kier alpha value is -4.13. The summed E-state index contributed by atoms with van der Waals surface area (Å²) in [6.07, 6.45) is -0.363. The molecule has 10 nitrogen and oxygen atoms in total. The molecule has 0 bridgehead atoms. The molecule has 0 saturated carbocycles. The number of nitrogens with one attached hydrogen (secondary N) is 1. The number of esters is 1. The number of sulfonamides is 1. The van der Waals surface area contributed by atoms with Gasteiger partial charge in [0.15, 0.2) is 6.10 Å². The Labute approximate surface area is 244 Å². The van der Waals surface area contributed by atoms with E-state index in [-0.39, 0.29) is 42.6 Å². The van der Waals surface area contributed by atoms with Gasteiger partial charge in [0.1, 0.15) is 11.5 Å². The van der Waals surface area contributed by atoms with Gasteiger partial charge in [-0.3, -0.25) is 14.4 Å². The van der Waals surface area contributed by atoms with E-state index < -0.39 is 33.9 Å². The number of thiocarbonyl (C=S) groups is 1. The summed E-state index contributed by atoms with van der Waals surface area (Å²) in [4.78, 5) is 41.1. The van der Waals surface area contributed by atoms with Gasteiger partial charge in [-0.2, -0.15) is 0 Å². The lowest BCUT2D eigenvalue weighted by Crippen LogP contribution is -2.55. The molecule has 3 aromatic rings. The number of hydrogen-bond donors (Lipinski definition) is 2. The molecule has 0 unspecified atom stereocenters. The lowest BCUT2D eigenvalue weighted by molar-refractivity contribution is -0.161. The van der Waals surface area contributed by atoms with Crippen molar-refractivity contribution in [3.8, 4) is 0 Å². The first-order valence-corrected chi connectivity index (χ1v) is 14.8. The van der Waals surface area contributed by atoms with Crippen molar-refractivity contribution in [1.82, 2.24) is 14.5 Å². The van der Waals surface area contributed by atoms with Crippen molar-refractivity contribution >= 4 is 45.0 Å². The minimum Gasteiger partial charge on any atom is -0.451 e. The van der Waals surface area contributed by atoms with E-state index in [1.165, 1.54) is 34.1 Å². The van der Waals surface area contributed by atoms with Crippen LogP contribution in [0.15, 0.2) is 89.8 Å². The number of carbonyl (C=O) groups excluding carboxylic acids is 3. The van der Waals surface area contributed by atoms with Gasteiger partial charge in [-0.05, 0) is 29.7 Å². The number of carbonyl (C=O) groups is 3. The minimum absolute atomic E-state index is 0.0611. The lowest BCUT2D eigenvalue weighted by Gasteiger charge is -2.33. The highest BCUT2D eigenvalue weighted by atomic mass is 32.2. The molecule has 0 radical (unpaired) electrons. The van der Waals surface area contributed by atoms with Crippen molar-refractivity contribution in [2.45, 2.75) is 17.4 Å². The molecular weight excluding hydrogens is 564 g/mol. The molecule has 0 aromatic heterocycles. The van der Waals surface area contributed by atoms with Crippen LogP contribution in [0.3, 0.4) is 0 Å². The van der Waals surface area contributed by atoms with Gasteiger partial charge in [0.05, 0.1) is 4.90 Å². The van der Waals surface area contributed by atoms with E-state index in [0.29, 0.717) is 12.0 Å². The Kier molecular flexibility index (Phi) is 9.82. The van der Waals surface area contributed by atoms with Crippen LogP contribution in [0, 0.1) is 0 Å². The Bertz CT molecular complexity index is 1460. The number of amides is 2. The van der Waals surface area contributed by atoms with Crippen LogP contribution in [0.1, 0.15) is 29.2 Å². The lowest BCUT2D eigenvalue weighted by atomic mass is 10.0. The quantitative estimate of drug-likeness (QED) is 0.141. The van der Waals surface area contributed by atoms with Crippen LogP contribution in [0.25, 0.3) is 0 Å². The predicted molar refractivity (Wildman–Crippen MR) is 156 cm³/mol. The minimum atomic E-state index is -3.77. The van der Waals surface area contributed by atoms with Crippen molar-refractivity contribution in [3.63, 3.8) is 0 Å². The largest absolute Gasteiger partial charge is 0.451 e. The van der Waals surface area contributed by atoms with Crippen molar-refractivity contribution in [2.75, 3.05) is 32.7 Å². The average molecular weight is 595 g/mol. The van der Waals surface area contributed by atoms with Crippen molar-refractivity contribution in [3.05, 3.63) is 102 Å². The maximum atomic E-state index is 12.9. The summed E-state index contributed by atoms with van der Waals surface area (Å²) in [7, 11) is -3.77. The van der Waals surface area contributed by atoms with E-state index in [9.17, 15) is 22.8 Å². The first kappa shape index (κ1) is 29.8. The summed E-state index contributed by atoms with van der Waals surface area (Å²) in [5, 5.41) is 0. The normalized spacial score (nSPS) is 13.9. The van der Waals surface area contributed by atoms with Crippen molar-refractivity contribution in [2.24, 2.45) is 5.73 Å². The van der Waals surface area contributed by atoms with Gasteiger partial charge in [-0.25, -0.2) is 13.1 Å². The third-order valence-corrected chi connectivity index (χ3v) is 8.23. The monoisotopic (exact) mass is 594 g/mol. The number of ether oxygens (including phenoxy) is 1. The second-order valence-corrected chi connectivity index (χ2v) is 11.6. The standard InChI is InChI=1S/C29H30N4O6S2/c30-27(40)23-12-14-24(15-13-23)41(37,38)31-16-7-17-32-18-19-33(29(36)28(32)35)20-25(34)39-26(21-8-3-1-4-9-21)22-10-5-2-6-11-22/h1-6,8-15,26,31H,7,16-20H2,(H2,30,40). The van der Waals surface area contributed by atoms with Gasteiger partial charge in [0.2, 0.25) is 10.0 Å². The highest BCUT2D eigenvalue weighted by molar-refractivity contribution is 7.89. The number of benzene rings is 3. The van der Waals surface area contributed by atoms with Crippen LogP contribution in [0.5, 0.6) is 0 Å². The molecule has 1 fully saturated rings. The maximum absolute atomic E-state index is 12.9. The molecule has 0 atom stereocenters. The van der Waals surface area contributed by atoms with Crippen molar-refractivity contribution in [1.29, 1.82) is 0 Å². The predicted octanol–water partition coefficient (Wildman–Crippen LogP) is 1.99. The number of hydrogen-bond acceptors (Lipinski definition) is 7. The van der Waals surface area contributed by atoms with Crippen LogP contribution in [0.2, 0.25) is 0 Å². The Morgan fingerprint density at radius 2 is 1.41 bits per heavy atom. The fourth-order valence-electron chi connectivity index (χ4n) is 4.35. The summed E-state index contributed by atoms with van der Waals surface area (Å²) in [5.74, 6) is -2.18. The van der Waals surface area contributed by atoms with E-state index in [0.717, 1.165) is 11.1 Å². The molecule has 2 amide bonds. The summed E-state index contributed by atoms with van der Waals surface area (Å²) in [5.41, 5.74) is 7.67. The average Bonchev–Trinajstić information content (AvgIpc) is 2.98. The number of piperazine rings is 1. The first-order valence-electron chi connectivity index (χ1n) is 12.9. The zero-order valence-electron chi connectivity index (χ0n) is 22.1. The van der Waals surface area contributed by atoms with Gasteiger partial charge in [-0.1, -0.05) is 85.0 Å². The van der Waals surface area contributed by atoms with E-state index in [4.69, 9.17) is 22.7 Å². The molecule has 1 saturated heterocycles. The van der Waals surface area contributed by atoms with Crippen LogP contribution < -0.4 is 10.5 Å². The number of rotatable bonds is 12. The summed E-state index contributed by atoms with van der Waals surface area (Å²) in [6.45, 7) is 0.250. The number of nitrogens with zero attached hydrogens (tertiary/aromatic N) is 2. The molecule has 4 rings (SSSR count). The summed E-state index contributed by atoms with van der Waals surface area (Å²) in [6, 6.07) is 24.4. The van der Waals surface area contributed by atoms with Gasteiger partial charge < -0.3 is 20.3 Å². The van der Waals surface area contributed by atoms with Crippen LogP contribution in [-0.2, 0) is 29.1 Å². The number of nitrogens with two attached hydrogens (primary N) is 1. The summed E-state index contributed by atoms with van der Waals surface area (Å²) >= 11 is 4.88. The molecular formula is C29H30N4O6S2. The molecule has 3 aromatic carbocycles. The second kappa shape index (κ2) is 13.5. The summed E-state index contributed by atoms with van der Waals surface area (Å²) < 4.78 is 33.3. The molecule has 12 heteroatoms. The zero-order chi connectivity index (χ0) is 29.4. The molecule has 1 aliphatic heterocycles. The Morgan fingerprint density at radius 3 is 1.98 bits per heavy atom. The molecule has 0 aliphatic carbocycles. The SMILES string of the molecule is NC(=S)c1ccc(S(=O)(=O)NCCCN2CCN(CC(=O)OC(c3ccccc3)c3ccccc3)C(=O)C2=O)cc1. The van der Waals surface area contributed by atoms with E-state index in [1.54, 1.807) is 0 Å². The second-order valence-electron chi connectivity index (χ2n) is 9.35. The molecule has 1 aliphatic rings. The first-order chi connectivity index (χ1) is 19.7. The Morgan fingerprint density at radius 1 is 0.878 bits per heavy atom.